The molecule has 10 nitrogen and oxygen atoms in total. The average molecular weight is 476 g/mol. The second kappa shape index (κ2) is 10.0. The molecule has 0 radical (unpaired) electrons. The monoisotopic (exact) mass is 475 g/mol. The Balaban J connectivity index is 0.000000219. The number of nitrogens with zero attached hydrogens (tertiary/aromatic N) is 4. The van der Waals surface area contributed by atoms with Crippen molar-refractivity contribution in [3.05, 3.63) is 47.5 Å². The molecule has 2 unspecified atom stereocenters. The van der Waals surface area contributed by atoms with Gasteiger partial charge in [0.25, 0.3) is 0 Å². The van der Waals surface area contributed by atoms with Gasteiger partial charge in [-0.1, -0.05) is 30.7 Å². The van der Waals surface area contributed by atoms with Crippen LogP contribution in [-0.2, 0) is 14.3 Å². The number of esters is 1. The summed E-state index contributed by atoms with van der Waals surface area (Å²) < 4.78 is 13.3. The van der Waals surface area contributed by atoms with Gasteiger partial charge in [0.1, 0.15) is 24.7 Å². The number of ether oxygens (including phenoxy) is 2. The number of halogens is 1. The lowest BCUT2D eigenvalue weighted by atomic mass is 10.1. The lowest BCUT2D eigenvalue weighted by Gasteiger charge is -2.17. The van der Waals surface area contributed by atoms with Crippen molar-refractivity contribution >= 4 is 34.6 Å². The molecule has 1 aliphatic carbocycles. The zero-order valence-electron chi connectivity index (χ0n) is 18.0. The van der Waals surface area contributed by atoms with E-state index in [4.69, 9.17) is 37.0 Å². The summed E-state index contributed by atoms with van der Waals surface area (Å²) in [5.41, 5.74) is 7.50. The minimum absolute atomic E-state index is 0.0988. The van der Waals surface area contributed by atoms with E-state index in [0.29, 0.717) is 34.2 Å². The van der Waals surface area contributed by atoms with Crippen molar-refractivity contribution in [2.75, 3.05) is 12.3 Å². The van der Waals surface area contributed by atoms with E-state index in [9.17, 15) is 4.79 Å². The second-order valence-electron chi connectivity index (χ2n) is 8.27. The van der Waals surface area contributed by atoms with Crippen molar-refractivity contribution in [2.24, 2.45) is 11.8 Å². The fourth-order valence-corrected chi connectivity index (χ4v) is 3.79. The second-order valence-corrected chi connectivity index (χ2v) is 8.71. The first-order valence-electron chi connectivity index (χ1n) is 10.7. The standard InChI is InChI=1S/C15H19N5O3.C7H7ClO2/c1-8-4-10(5-22-15(21)9-2-3-9)23-14(8)20-7-19-11-12(16)17-6-18-13(11)20;8-6-3-1-5(2-4-6)7(9)10/h6-10,14H,2-5H2,1H3,(H2,16,17,18);1-4,7,9-10H/t8-,10?,14?;/m0./s1. The van der Waals surface area contributed by atoms with E-state index in [0.717, 1.165) is 19.3 Å². The summed E-state index contributed by atoms with van der Waals surface area (Å²) in [5.74, 6) is 0.628. The third kappa shape index (κ3) is 5.59. The van der Waals surface area contributed by atoms with Gasteiger partial charge in [0, 0.05) is 16.5 Å². The summed E-state index contributed by atoms with van der Waals surface area (Å²) in [7, 11) is 0. The fourth-order valence-electron chi connectivity index (χ4n) is 3.67. The molecular weight excluding hydrogens is 450 g/mol. The number of hydrogen-bond acceptors (Lipinski definition) is 9. The molecule has 1 aliphatic heterocycles. The SMILES string of the molecule is C[C@H]1CC(COC(=O)C2CC2)OC1n1cnc2c(N)ncnc21.OC(O)c1ccc(Cl)cc1. The van der Waals surface area contributed by atoms with Gasteiger partial charge in [-0.3, -0.25) is 9.36 Å². The highest BCUT2D eigenvalue weighted by atomic mass is 35.5. The van der Waals surface area contributed by atoms with Crippen LogP contribution < -0.4 is 5.73 Å². The van der Waals surface area contributed by atoms with Crippen molar-refractivity contribution in [1.29, 1.82) is 0 Å². The first-order valence-corrected chi connectivity index (χ1v) is 11.1. The van der Waals surface area contributed by atoms with Gasteiger partial charge in [-0.15, -0.1) is 0 Å². The molecule has 1 saturated heterocycles. The van der Waals surface area contributed by atoms with Gasteiger partial charge < -0.3 is 25.4 Å². The van der Waals surface area contributed by atoms with E-state index in [1.165, 1.54) is 6.33 Å². The summed E-state index contributed by atoms with van der Waals surface area (Å²) in [4.78, 5) is 24.1. The number of aromatic nitrogens is 4. The predicted octanol–water partition coefficient (Wildman–Crippen LogP) is 2.61. The molecule has 2 aromatic heterocycles. The largest absolute Gasteiger partial charge is 0.463 e. The number of rotatable bonds is 5. The topological polar surface area (TPSA) is 146 Å². The Morgan fingerprint density at radius 3 is 2.67 bits per heavy atom. The van der Waals surface area contributed by atoms with Crippen molar-refractivity contribution in [2.45, 2.75) is 44.8 Å². The number of aliphatic hydroxyl groups excluding tert-OH is 1. The van der Waals surface area contributed by atoms with Gasteiger partial charge in [0.15, 0.2) is 17.8 Å². The van der Waals surface area contributed by atoms with Crippen LogP contribution in [0.4, 0.5) is 5.82 Å². The molecule has 1 saturated carbocycles. The number of imidazole rings is 1. The van der Waals surface area contributed by atoms with Crippen LogP contribution in [0.25, 0.3) is 11.2 Å². The highest BCUT2D eigenvalue weighted by Gasteiger charge is 2.37. The Labute approximate surface area is 195 Å². The van der Waals surface area contributed by atoms with Gasteiger partial charge >= 0.3 is 5.97 Å². The van der Waals surface area contributed by atoms with Crippen molar-refractivity contribution < 1.29 is 24.5 Å². The van der Waals surface area contributed by atoms with Crippen molar-refractivity contribution in [3.8, 4) is 0 Å². The van der Waals surface area contributed by atoms with Gasteiger partial charge in [-0.05, 0) is 31.4 Å². The minimum Gasteiger partial charge on any atom is -0.463 e. The molecule has 2 aliphatic rings. The number of benzene rings is 1. The van der Waals surface area contributed by atoms with E-state index in [1.54, 1.807) is 30.6 Å². The summed E-state index contributed by atoms with van der Waals surface area (Å²) in [6, 6.07) is 6.34. The number of nitrogen functional groups attached to an aromatic ring is 1. The van der Waals surface area contributed by atoms with E-state index < -0.39 is 6.29 Å². The van der Waals surface area contributed by atoms with Gasteiger partial charge in [-0.25, -0.2) is 15.0 Å². The van der Waals surface area contributed by atoms with Crippen LogP contribution in [0.3, 0.4) is 0 Å². The molecule has 3 atom stereocenters. The van der Waals surface area contributed by atoms with Gasteiger partial charge in [-0.2, -0.15) is 0 Å². The number of hydrogen-bond donors (Lipinski definition) is 3. The summed E-state index contributed by atoms with van der Waals surface area (Å²) in [6.07, 6.45) is 4.12. The van der Waals surface area contributed by atoms with E-state index in [1.807, 2.05) is 4.57 Å². The number of anilines is 1. The molecule has 11 heteroatoms. The summed E-state index contributed by atoms with van der Waals surface area (Å²) in [6.45, 7) is 2.41. The van der Waals surface area contributed by atoms with E-state index >= 15 is 0 Å². The Hall–Kier alpha value is -2.79. The van der Waals surface area contributed by atoms with E-state index in [2.05, 4.69) is 21.9 Å². The van der Waals surface area contributed by atoms with Crippen LogP contribution in [0.1, 0.15) is 44.3 Å². The van der Waals surface area contributed by atoms with Crippen molar-refractivity contribution in [3.63, 3.8) is 0 Å². The number of carbonyl (C=O) groups is 1. The van der Waals surface area contributed by atoms with Crippen LogP contribution in [0, 0.1) is 11.8 Å². The summed E-state index contributed by atoms with van der Waals surface area (Å²) in [5, 5.41) is 17.8. The Kier molecular flexibility index (Phi) is 7.08. The molecule has 3 heterocycles. The smallest absolute Gasteiger partial charge is 0.309 e. The van der Waals surface area contributed by atoms with Crippen LogP contribution >= 0.6 is 11.6 Å². The number of nitrogens with two attached hydrogens (primary N) is 1. The van der Waals surface area contributed by atoms with Crippen LogP contribution in [0.2, 0.25) is 5.02 Å². The summed E-state index contributed by atoms with van der Waals surface area (Å²) >= 11 is 5.55. The van der Waals surface area contributed by atoms with Crippen LogP contribution in [0.5, 0.6) is 0 Å². The zero-order chi connectivity index (χ0) is 23.5. The van der Waals surface area contributed by atoms with Crippen LogP contribution in [0.15, 0.2) is 36.9 Å². The Bertz CT molecular complexity index is 1100. The molecule has 5 rings (SSSR count). The molecule has 176 valence electrons. The molecule has 4 N–H and O–H groups in total. The number of carbonyl (C=O) groups excluding carboxylic acids is 1. The molecule has 1 aromatic carbocycles. The molecule has 0 bridgehead atoms. The zero-order valence-corrected chi connectivity index (χ0v) is 18.8. The molecule has 33 heavy (non-hydrogen) atoms. The predicted molar refractivity (Wildman–Crippen MR) is 120 cm³/mol. The lowest BCUT2D eigenvalue weighted by molar-refractivity contribution is -0.150. The van der Waals surface area contributed by atoms with Gasteiger partial charge in [0.05, 0.1) is 18.3 Å². The minimum atomic E-state index is -1.41. The normalized spacial score (nSPS) is 22.3. The quantitative estimate of drug-likeness (QED) is 0.374. The molecule has 0 amide bonds. The maximum absolute atomic E-state index is 11.6. The first kappa shape index (κ1) is 23.4. The third-order valence-electron chi connectivity index (χ3n) is 5.60. The van der Waals surface area contributed by atoms with E-state index in [-0.39, 0.29) is 30.1 Å². The third-order valence-corrected chi connectivity index (χ3v) is 5.86. The number of fused-ring (bicyclic) bond motifs is 1. The molecule has 0 spiro atoms. The number of aliphatic hydroxyl groups is 2. The first-order chi connectivity index (χ1) is 15.8. The molecular formula is C22H26ClN5O5. The highest BCUT2D eigenvalue weighted by molar-refractivity contribution is 6.30. The Morgan fingerprint density at radius 2 is 2.00 bits per heavy atom. The molecule has 2 fully saturated rings. The molecule has 3 aromatic rings. The highest BCUT2D eigenvalue weighted by Crippen LogP contribution is 2.36. The Morgan fingerprint density at radius 1 is 1.27 bits per heavy atom. The van der Waals surface area contributed by atoms with Gasteiger partial charge in [0.2, 0.25) is 0 Å². The van der Waals surface area contributed by atoms with Crippen LogP contribution in [-0.4, -0.2) is 48.4 Å². The maximum Gasteiger partial charge on any atom is 0.309 e. The fraction of sp³-hybridized carbons (Fsp3) is 0.455. The lowest BCUT2D eigenvalue weighted by Crippen LogP contribution is -2.20. The maximum atomic E-state index is 11.6. The average Bonchev–Trinajstić information content (AvgIpc) is 3.45. The van der Waals surface area contributed by atoms with Crippen molar-refractivity contribution in [1.82, 2.24) is 19.5 Å².